The summed E-state index contributed by atoms with van der Waals surface area (Å²) in [6.07, 6.45) is 5.15. The maximum atomic E-state index is 10.6. The average Bonchev–Trinajstić information content (AvgIpc) is 2.17. The lowest BCUT2D eigenvalue weighted by molar-refractivity contribution is 0.0696. The largest absolute Gasteiger partial charge is 0.478 e. The van der Waals surface area contributed by atoms with Crippen LogP contribution in [0.3, 0.4) is 0 Å². The van der Waals surface area contributed by atoms with Crippen LogP contribution in [-0.2, 0) is 0 Å². The molecule has 2 N–H and O–H groups in total. The summed E-state index contributed by atoms with van der Waals surface area (Å²) >= 11 is 0. The van der Waals surface area contributed by atoms with E-state index in [1.165, 1.54) is 6.20 Å². The minimum Gasteiger partial charge on any atom is -0.478 e. The zero-order valence-corrected chi connectivity index (χ0v) is 6.82. The van der Waals surface area contributed by atoms with Gasteiger partial charge in [0.15, 0.2) is 0 Å². The monoisotopic (exact) mass is 176 g/mol. The fourth-order valence-corrected chi connectivity index (χ4v) is 1.21. The topological polar surface area (TPSA) is 62.2 Å². The zero-order chi connectivity index (χ0) is 9.26. The van der Waals surface area contributed by atoms with Crippen LogP contribution in [0.2, 0.25) is 0 Å². The van der Waals surface area contributed by atoms with Gasteiger partial charge in [-0.25, -0.2) is 9.78 Å². The number of carboxylic acid groups (broad SMARTS) is 1. The molecule has 0 spiro atoms. The van der Waals surface area contributed by atoms with Crippen LogP contribution in [-0.4, -0.2) is 22.6 Å². The van der Waals surface area contributed by atoms with Crippen LogP contribution in [0.5, 0.6) is 0 Å². The summed E-state index contributed by atoms with van der Waals surface area (Å²) in [4.78, 5) is 14.6. The van der Waals surface area contributed by atoms with Crippen molar-refractivity contribution < 1.29 is 9.90 Å². The number of nitrogens with one attached hydrogen (secondary N) is 1. The molecule has 0 radical (unpaired) electrons. The third-order valence-corrected chi connectivity index (χ3v) is 1.85. The van der Waals surface area contributed by atoms with E-state index in [1.807, 2.05) is 12.2 Å². The van der Waals surface area contributed by atoms with Crippen LogP contribution in [0.25, 0.3) is 6.08 Å². The molecule has 4 nitrogen and oxygen atoms in total. The van der Waals surface area contributed by atoms with Crippen LogP contribution in [0.1, 0.15) is 15.9 Å². The van der Waals surface area contributed by atoms with Gasteiger partial charge < -0.3 is 10.4 Å². The fraction of sp³-hybridized carbons (Fsp3) is 0.111. The highest BCUT2D eigenvalue weighted by Crippen LogP contribution is 2.18. The fourth-order valence-electron chi connectivity index (χ4n) is 1.21. The summed E-state index contributed by atoms with van der Waals surface area (Å²) in [6.45, 7) is 0.742. The van der Waals surface area contributed by atoms with Gasteiger partial charge in [0.25, 0.3) is 0 Å². The Bertz CT molecular complexity index is 385. The van der Waals surface area contributed by atoms with Gasteiger partial charge in [-0.1, -0.05) is 12.2 Å². The Hall–Kier alpha value is -1.84. The van der Waals surface area contributed by atoms with Crippen molar-refractivity contribution in [1.82, 2.24) is 4.98 Å². The molecule has 1 aliphatic heterocycles. The van der Waals surface area contributed by atoms with Gasteiger partial charge in [0.05, 0.1) is 5.56 Å². The number of carbonyl (C=O) groups is 1. The number of pyridine rings is 1. The van der Waals surface area contributed by atoms with Crippen LogP contribution < -0.4 is 5.32 Å². The summed E-state index contributed by atoms with van der Waals surface area (Å²) in [5, 5.41) is 11.7. The molecule has 0 aliphatic carbocycles. The van der Waals surface area contributed by atoms with Crippen LogP contribution in [0.4, 0.5) is 5.82 Å². The molecule has 0 fully saturated rings. The van der Waals surface area contributed by atoms with E-state index in [2.05, 4.69) is 10.3 Å². The second kappa shape index (κ2) is 2.90. The van der Waals surface area contributed by atoms with Crippen molar-refractivity contribution in [3.63, 3.8) is 0 Å². The first-order chi connectivity index (χ1) is 6.27. The first-order valence-electron chi connectivity index (χ1n) is 3.91. The van der Waals surface area contributed by atoms with Crippen molar-refractivity contribution in [1.29, 1.82) is 0 Å². The van der Waals surface area contributed by atoms with Crippen molar-refractivity contribution in [2.75, 3.05) is 11.9 Å². The SMILES string of the molecule is O=C(O)c1cnc2c(c1)C=CCN2. The molecule has 2 heterocycles. The van der Waals surface area contributed by atoms with E-state index >= 15 is 0 Å². The molecule has 0 aromatic carbocycles. The highest BCUT2D eigenvalue weighted by atomic mass is 16.4. The Morgan fingerprint density at radius 1 is 1.62 bits per heavy atom. The molecular weight excluding hydrogens is 168 g/mol. The van der Waals surface area contributed by atoms with Crippen molar-refractivity contribution >= 4 is 17.9 Å². The normalized spacial score (nSPS) is 13.2. The Morgan fingerprint density at radius 3 is 3.23 bits per heavy atom. The number of hydrogen-bond acceptors (Lipinski definition) is 3. The molecule has 0 atom stereocenters. The number of rotatable bonds is 1. The molecule has 0 unspecified atom stereocenters. The van der Waals surface area contributed by atoms with E-state index in [1.54, 1.807) is 6.07 Å². The minimum absolute atomic E-state index is 0.215. The molecule has 1 aromatic heterocycles. The predicted octanol–water partition coefficient (Wildman–Crippen LogP) is 1.22. The Balaban J connectivity index is 2.48. The van der Waals surface area contributed by atoms with Crippen LogP contribution in [0, 0.1) is 0 Å². The van der Waals surface area contributed by atoms with Gasteiger partial charge in [0.1, 0.15) is 5.82 Å². The second-order valence-corrected chi connectivity index (χ2v) is 2.75. The lowest BCUT2D eigenvalue weighted by Gasteiger charge is -2.11. The maximum absolute atomic E-state index is 10.6. The van der Waals surface area contributed by atoms with Gasteiger partial charge in [-0.05, 0) is 6.07 Å². The summed E-state index contributed by atoms with van der Waals surface area (Å²) in [5.41, 5.74) is 1.04. The van der Waals surface area contributed by atoms with Gasteiger partial charge >= 0.3 is 5.97 Å². The lowest BCUT2D eigenvalue weighted by Crippen LogP contribution is -2.08. The molecule has 2 rings (SSSR count). The van der Waals surface area contributed by atoms with E-state index in [9.17, 15) is 4.79 Å². The van der Waals surface area contributed by atoms with Crippen LogP contribution >= 0.6 is 0 Å². The van der Waals surface area contributed by atoms with Gasteiger partial charge in [0, 0.05) is 18.3 Å². The van der Waals surface area contributed by atoms with E-state index in [-0.39, 0.29) is 5.56 Å². The molecule has 1 aliphatic rings. The third-order valence-electron chi connectivity index (χ3n) is 1.85. The first-order valence-corrected chi connectivity index (χ1v) is 3.91. The van der Waals surface area contributed by atoms with E-state index in [0.29, 0.717) is 0 Å². The molecule has 66 valence electrons. The molecule has 1 aromatic rings. The quantitative estimate of drug-likeness (QED) is 0.675. The summed E-state index contributed by atoms with van der Waals surface area (Å²) < 4.78 is 0. The van der Waals surface area contributed by atoms with Gasteiger partial charge in [-0.15, -0.1) is 0 Å². The molecule has 13 heavy (non-hydrogen) atoms. The predicted molar refractivity (Wildman–Crippen MR) is 48.7 cm³/mol. The number of carboxylic acids is 1. The third kappa shape index (κ3) is 1.38. The molecule has 0 bridgehead atoms. The second-order valence-electron chi connectivity index (χ2n) is 2.75. The molecule has 0 saturated heterocycles. The molecular formula is C9H8N2O2. The minimum atomic E-state index is -0.950. The number of aromatic carboxylic acids is 1. The average molecular weight is 176 g/mol. The van der Waals surface area contributed by atoms with Crippen LogP contribution in [0.15, 0.2) is 18.3 Å². The van der Waals surface area contributed by atoms with Gasteiger partial charge in [-0.2, -0.15) is 0 Å². The van der Waals surface area contributed by atoms with E-state index in [0.717, 1.165) is 17.9 Å². The number of anilines is 1. The highest BCUT2D eigenvalue weighted by molar-refractivity contribution is 5.89. The summed E-state index contributed by atoms with van der Waals surface area (Å²) in [6, 6.07) is 1.60. The molecule has 0 saturated carbocycles. The van der Waals surface area contributed by atoms with Gasteiger partial charge in [-0.3, -0.25) is 0 Å². The molecule has 4 heteroatoms. The van der Waals surface area contributed by atoms with Crippen molar-refractivity contribution in [2.45, 2.75) is 0 Å². The van der Waals surface area contributed by atoms with E-state index < -0.39 is 5.97 Å². The number of nitrogens with zero attached hydrogens (tertiary/aromatic N) is 1. The standard InChI is InChI=1S/C9H8N2O2/c12-9(13)7-4-6-2-1-3-10-8(6)11-5-7/h1-2,4-5H,3H2,(H,10,11)(H,12,13). The number of fused-ring (bicyclic) bond motifs is 1. The van der Waals surface area contributed by atoms with Crippen molar-refractivity contribution in [3.8, 4) is 0 Å². The first kappa shape index (κ1) is 7.79. The Labute approximate surface area is 74.9 Å². The summed E-state index contributed by atoms with van der Waals surface area (Å²) in [7, 11) is 0. The molecule has 0 amide bonds. The van der Waals surface area contributed by atoms with Crippen molar-refractivity contribution in [3.05, 3.63) is 29.5 Å². The Kier molecular flexibility index (Phi) is 1.73. The van der Waals surface area contributed by atoms with Gasteiger partial charge in [0.2, 0.25) is 0 Å². The summed E-state index contributed by atoms with van der Waals surface area (Å²) in [5.74, 6) is -0.207. The zero-order valence-electron chi connectivity index (χ0n) is 6.82. The smallest absolute Gasteiger partial charge is 0.337 e. The number of hydrogen-bond donors (Lipinski definition) is 2. The number of aromatic nitrogens is 1. The Morgan fingerprint density at radius 2 is 2.46 bits per heavy atom. The highest BCUT2D eigenvalue weighted by Gasteiger charge is 2.09. The lowest BCUT2D eigenvalue weighted by atomic mass is 10.1. The van der Waals surface area contributed by atoms with Crippen molar-refractivity contribution in [2.24, 2.45) is 0 Å². The maximum Gasteiger partial charge on any atom is 0.337 e. The van der Waals surface area contributed by atoms with E-state index in [4.69, 9.17) is 5.11 Å².